The molecule has 2 heterocycles. The van der Waals surface area contributed by atoms with E-state index in [0.29, 0.717) is 17.1 Å². The van der Waals surface area contributed by atoms with Gasteiger partial charge in [-0.25, -0.2) is 4.98 Å². The molecule has 2 aromatic heterocycles. The number of rotatable bonds is 3. The first-order chi connectivity index (χ1) is 8.13. The lowest BCUT2D eigenvalue weighted by molar-refractivity contribution is 0.102. The lowest BCUT2D eigenvalue weighted by Crippen LogP contribution is -2.11. The van der Waals surface area contributed by atoms with Crippen molar-refractivity contribution < 1.29 is 9.53 Å². The van der Waals surface area contributed by atoms with Gasteiger partial charge in [0.15, 0.2) is 5.69 Å². The van der Waals surface area contributed by atoms with Crippen molar-refractivity contribution in [2.24, 2.45) is 7.05 Å². The van der Waals surface area contributed by atoms with E-state index in [9.17, 15) is 4.79 Å². The predicted octanol–water partition coefficient (Wildman–Crippen LogP) is 1.36. The van der Waals surface area contributed by atoms with Crippen LogP contribution in [0.15, 0.2) is 24.4 Å². The van der Waals surface area contributed by atoms with Crippen LogP contribution in [0, 0.1) is 6.92 Å². The minimum absolute atomic E-state index is 0.189. The van der Waals surface area contributed by atoms with Crippen LogP contribution in [0.25, 0.3) is 0 Å². The molecule has 0 aliphatic carbocycles. The third-order valence-electron chi connectivity index (χ3n) is 2.44. The van der Waals surface area contributed by atoms with Crippen LogP contribution in [0.5, 0.6) is 5.75 Å². The van der Waals surface area contributed by atoms with E-state index in [1.165, 1.54) is 7.11 Å². The maximum absolute atomic E-state index is 12.3. The Balaban J connectivity index is 2.47. The van der Waals surface area contributed by atoms with E-state index in [1.807, 2.05) is 6.92 Å². The largest absolute Gasteiger partial charge is 0.494 e. The molecule has 2 aromatic rings. The molecule has 5 nitrogen and oxygen atoms in total. The van der Waals surface area contributed by atoms with Crippen molar-refractivity contribution in [3.63, 3.8) is 0 Å². The molecule has 88 valence electrons. The third kappa shape index (κ3) is 2.04. The third-order valence-corrected chi connectivity index (χ3v) is 2.44. The van der Waals surface area contributed by atoms with Gasteiger partial charge in [0.05, 0.1) is 12.8 Å². The molecule has 0 aliphatic heterocycles. The van der Waals surface area contributed by atoms with Gasteiger partial charge in [0.25, 0.3) is 0 Å². The van der Waals surface area contributed by atoms with Gasteiger partial charge in [-0.1, -0.05) is 0 Å². The Hall–Kier alpha value is -2.17. The molecule has 0 atom stereocenters. The highest BCUT2D eigenvalue weighted by Gasteiger charge is 2.19. The number of methoxy groups -OCH3 is 1. The Morgan fingerprint density at radius 2 is 2.24 bits per heavy atom. The standard InChI is InChI=1S/C12H13N3O2/c1-8-7-9(15(2)14-8)12(16)11-10(17-3)5-4-6-13-11/h4-7H,1-3H3. The van der Waals surface area contributed by atoms with Crippen LogP contribution in [0.1, 0.15) is 21.9 Å². The lowest BCUT2D eigenvalue weighted by atomic mass is 10.1. The second-order valence-corrected chi connectivity index (χ2v) is 3.68. The zero-order valence-electron chi connectivity index (χ0n) is 9.97. The highest BCUT2D eigenvalue weighted by Crippen LogP contribution is 2.18. The molecule has 0 spiro atoms. The number of carbonyl (C=O) groups is 1. The minimum Gasteiger partial charge on any atom is -0.494 e. The second kappa shape index (κ2) is 4.37. The zero-order chi connectivity index (χ0) is 12.4. The molecule has 17 heavy (non-hydrogen) atoms. The van der Waals surface area contributed by atoms with Crippen LogP contribution in [0.3, 0.4) is 0 Å². The van der Waals surface area contributed by atoms with Crippen molar-refractivity contribution in [3.8, 4) is 5.75 Å². The molecule has 0 bridgehead atoms. The summed E-state index contributed by atoms with van der Waals surface area (Å²) in [5, 5.41) is 4.14. The fourth-order valence-corrected chi connectivity index (χ4v) is 1.67. The van der Waals surface area contributed by atoms with Crippen LogP contribution in [-0.2, 0) is 7.05 Å². The lowest BCUT2D eigenvalue weighted by Gasteiger charge is -2.05. The van der Waals surface area contributed by atoms with Gasteiger partial charge >= 0.3 is 0 Å². The summed E-state index contributed by atoms with van der Waals surface area (Å²) in [6, 6.07) is 5.17. The molecule has 0 unspecified atom stereocenters. The number of hydrogen-bond donors (Lipinski definition) is 0. The summed E-state index contributed by atoms with van der Waals surface area (Å²) in [4.78, 5) is 16.3. The molecular formula is C12H13N3O2. The van der Waals surface area contributed by atoms with Crippen molar-refractivity contribution >= 4 is 5.78 Å². The van der Waals surface area contributed by atoms with E-state index < -0.39 is 0 Å². The molecule has 0 aliphatic rings. The van der Waals surface area contributed by atoms with E-state index in [1.54, 1.807) is 36.1 Å². The van der Waals surface area contributed by atoms with Crippen LogP contribution in [0.2, 0.25) is 0 Å². The summed E-state index contributed by atoms with van der Waals surface area (Å²) in [6.45, 7) is 1.84. The minimum atomic E-state index is -0.189. The SMILES string of the molecule is COc1cccnc1C(=O)c1cc(C)nn1C. The number of nitrogens with zero attached hydrogens (tertiary/aromatic N) is 3. The summed E-state index contributed by atoms with van der Waals surface area (Å²) in [5.74, 6) is 0.280. The molecule has 0 fully saturated rings. The van der Waals surface area contributed by atoms with E-state index in [4.69, 9.17) is 4.74 Å². The van der Waals surface area contributed by atoms with Crippen LogP contribution in [0.4, 0.5) is 0 Å². The highest BCUT2D eigenvalue weighted by atomic mass is 16.5. The van der Waals surface area contributed by atoms with E-state index in [-0.39, 0.29) is 5.78 Å². The first-order valence-corrected chi connectivity index (χ1v) is 5.18. The van der Waals surface area contributed by atoms with Crippen molar-refractivity contribution in [3.05, 3.63) is 41.5 Å². The quantitative estimate of drug-likeness (QED) is 0.748. The Labute approximate surface area is 99.1 Å². The molecule has 0 aromatic carbocycles. The maximum Gasteiger partial charge on any atom is 0.233 e. The van der Waals surface area contributed by atoms with Gasteiger partial charge in [-0.3, -0.25) is 9.48 Å². The molecule has 0 radical (unpaired) electrons. The first kappa shape index (κ1) is 11.3. The average molecular weight is 231 g/mol. The normalized spacial score (nSPS) is 10.3. The van der Waals surface area contributed by atoms with Gasteiger partial charge in [-0.05, 0) is 25.1 Å². The van der Waals surface area contributed by atoms with Crippen LogP contribution >= 0.6 is 0 Å². The summed E-state index contributed by atoms with van der Waals surface area (Å²) in [7, 11) is 3.25. The van der Waals surface area contributed by atoms with Gasteiger partial charge in [0.2, 0.25) is 5.78 Å². The molecular weight excluding hydrogens is 218 g/mol. The van der Waals surface area contributed by atoms with Crippen LogP contribution < -0.4 is 4.74 Å². The highest BCUT2D eigenvalue weighted by molar-refractivity contribution is 6.08. The van der Waals surface area contributed by atoms with Crippen molar-refractivity contribution in [1.29, 1.82) is 0 Å². The zero-order valence-corrected chi connectivity index (χ0v) is 9.97. The Morgan fingerprint density at radius 3 is 2.82 bits per heavy atom. The predicted molar refractivity (Wildman–Crippen MR) is 62.2 cm³/mol. The fourth-order valence-electron chi connectivity index (χ4n) is 1.67. The monoisotopic (exact) mass is 231 g/mol. The first-order valence-electron chi connectivity index (χ1n) is 5.18. The molecule has 0 saturated carbocycles. The molecule has 2 rings (SSSR count). The van der Waals surface area contributed by atoms with Gasteiger partial charge < -0.3 is 4.74 Å². The Bertz CT molecular complexity index is 561. The number of ether oxygens (including phenoxy) is 1. The number of carbonyl (C=O) groups excluding carboxylic acids is 1. The van der Waals surface area contributed by atoms with Gasteiger partial charge in [0, 0.05) is 13.2 Å². The smallest absolute Gasteiger partial charge is 0.233 e. The topological polar surface area (TPSA) is 57.0 Å². The van der Waals surface area contributed by atoms with Crippen molar-refractivity contribution in [1.82, 2.24) is 14.8 Å². The van der Waals surface area contributed by atoms with Crippen molar-refractivity contribution in [2.75, 3.05) is 7.11 Å². The van der Waals surface area contributed by atoms with E-state index in [2.05, 4.69) is 10.1 Å². The molecule has 0 N–H and O–H groups in total. The number of ketones is 1. The summed E-state index contributed by atoms with van der Waals surface area (Å²) in [6.07, 6.45) is 1.57. The van der Waals surface area contributed by atoms with Gasteiger partial charge in [-0.15, -0.1) is 0 Å². The Kier molecular flexibility index (Phi) is 2.91. The van der Waals surface area contributed by atoms with E-state index >= 15 is 0 Å². The number of aromatic nitrogens is 3. The van der Waals surface area contributed by atoms with E-state index in [0.717, 1.165) is 5.69 Å². The van der Waals surface area contributed by atoms with Gasteiger partial charge in [-0.2, -0.15) is 5.10 Å². The van der Waals surface area contributed by atoms with Gasteiger partial charge in [0.1, 0.15) is 11.4 Å². The number of hydrogen-bond acceptors (Lipinski definition) is 4. The maximum atomic E-state index is 12.3. The molecule has 5 heteroatoms. The number of aryl methyl sites for hydroxylation is 2. The van der Waals surface area contributed by atoms with Crippen LogP contribution in [-0.4, -0.2) is 27.7 Å². The average Bonchev–Trinajstić information content (AvgIpc) is 2.67. The molecule has 0 saturated heterocycles. The second-order valence-electron chi connectivity index (χ2n) is 3.68. The number of pyridine rings is 1. The summed E-state index contributed by atoms with van der Waals surface area (Å²) in [5.41, 5.74) is 1.60. The Morgan fingerprint density at radius 1 is 1.47 bits per heavy atom. The summed E-state index contributed by atoms with van der Waals surface area (Å²) < 4.78 is 6.67. The fraction of sp³-hybridized carbons (Fsp3) is 0.250. The summed E-state index contributed by atoms with van der Waals surface area (Å²) >= 11 is 0. The van der Waals surface area contributed by atoms with Crippen molar-refractivity contribution in [2.45, 2.75) is 6.92 Å². The molecule has 0 amide bonds.